The molecule has 1 amide bonds. The van der Waals surface area contributed by atoms with E-state index in [0.717, 1.165) is 54.4 Å². The van der Waals surface area contributed by atoms with Crippen LogP contribution in [0.4, 0.5) is 23.4 Å². The summed E-state index contributed by atoms with van der Waals surface area (Å²) in [6.45, 7) is 1.88. The van der Waals surface area contributed by atoms with E-state index in [2.05, 4.69) is 15.3 Å². The highest BCUT2D eigenvalue weighted by Gasteiger charge is 2.44. The first-order valence-corrected chi connectivity index (χ1v) is 11.6. The van der Waals surface area contributed by atoms with Crippen LogP contribution in [0.25, 0.3) is 10.9 Å². The SMILES string of the molecule is CC(C(=O)Nc1ccc(C(F)(F)F)cn1)[C@H]1C[C@H]2C[C@@H](c3ccnc4ccc(F)cc34)C[C@H]2C1. The van der Waals surface area contributed by atoms with E-state index in [4.69, 9.17) is 0 Å². The number of rotatable bonds is 4. The number of nitrogens with one attached hydrogen (secondary N) is 1. The number of aromatic nitrogens is 2. The first-order chi connectivity index (χ1) is 16.2. The van der Waals surface area contributed by atoms with E-state index >= 15 is 0 Å². The number of hydrogen-bond acceptors (Lipinski definition) is 3. The molecule has 0 bridgehead atoms. The van der Waals surface area contributed by atoms with E-state index in [1.807, 2.05) is 13.0 Å². The zero-order valence-electron chi connectivity index (χ0n) is 18.6. The van der Waals surface area contributed by atoms with Crippen molar-refractivity contribution in [2.45, 2.75) is 44.7 Å². The van der Waals surface area contributed by atoms with Crippen LogP contribution in [0.1, 0.15) is 49.7 Å². The van der Waals surface area contributed by atoms with Crippen molar-refractivity contribution in [3.05, 3.63) is 65.7 Å². The molecular weight excluding hydrogens is 446 g/mol. The molecule has 3 aromatic rings. The summed E-state index contributed by atoms with van der Waals surface area (Å²) in [6.07, 6.45) is 1.95. The maximum Gasteiger partial charge on any atom is 0.417 e. The molecule has 1 aromatic carbocycles. The molecule has 4 nitrogen and oxygen atoms in total. The van der Waals surface area contributed by atoms with Crippen molar-refractivity contribution in [1.29, 1.82) is 0 Å². The van der Waals surface area contributed by atoms with Gasteiger partial charge in [0.2, 0.25) is 5.91 Å². The lowest BCUT2D eigenvalue weighted by Gasteiger charge is -2.21. The minimum absolute atomic E-state index is 0.125. The number of carbonyl (C=O) groups is 1. The van der Waals surface area contributed by atoms with Gasteiger partial charge in [0, 0.05) is 23.7 Å². The van der Waals surface area contributed by atoms with Gasteiger partial charge in [0.15, 0.2) is 0 Å². The van der Waals surface area contributed by atoms with Gasteiger partial charge < -0.3 is 5.32 Å². The first kappa shape index (κ1) is 22.7. The number of hydrogen-bond donors (Lipinski definition) is 1. The number of alkyl halides is 3. The van der Waals surface area contributed by atoms with Crippen LogP contribution < -0.4 is 5.32 Å². The molecule has 5 rings (SSSR count). The summed E-state index contributed by atoms with van der Waals surface area (Å²) in [7, 11) is 0. The number of pyridine rings is 2. The number of amides is 1. The van der Waals surface area contributed by atoms with Crippen LogP contribution in [-0.4, -0.2) is 15.9 Å². The third kappa shape index (κ3) is 4.38. The molecule has 2 aromatic heterocycles. The van der Waals surface area contributed by atoms with Gasteiger partial charge in [-0.1, -0.05) is 6.92 Å². The molecule has 8 heteroatoms. The largest absolute Gasteiger partial charge is 0.417 e. The highest BCUT2D eigenvalue weighted by Crippen LogP contribution is 2.54. The minimum atomic E-state index is -4.46. The van der Waals surface area contributed by atoms with Crippen LogP contribution >= 0.6 is 0 Å². The normalized spacial score (nSPS) is 25.3. The Morgan fingerprint density at radius 2 is 1.76 bits per heavy atom. The topological polar surface area (TPSA) is 54.9 Å². The predicted molar refractivity (Wildman–Crippen MR) is 120 cm³/mol. The van der Waals surface area contributed by atoms with Gasteiger partial charge in [-0.15, -0.1) is 0 Å². The van der Waals surface area contributed by atoms with Crippen molar-refractivity contribution in [3.63, 3.8) is 0 Å². The maximum absolute atomic E-state index is 13.9. The molecule has 1 N–H and O–H groups in total. The molecule has 0 radical (unpaired) electrons. The molecule has 2 saturated carbocycles. The Balaban J connectivity index is 1.21. The first-order valence-electron chi connectivity index (χ1n) is 11.6. The molecule has 2 fully saturated rings. The molecule has 5 atom stereocenters. The molecule has 178 valence electrons. The fourth-order valence-electron chi connectivity index (χ4n) is 5.91. The highest BCUT2D eigenvalue weighted by atomic mass is 19.4. The van der Waals surface area contributed by atoms with Crippen molar-refractivity contribution >= 4 is 22.6 Å². The number of benzene rings is 1. The van der Waals surface area contributed by atoms with Gasteiger partial charge in [-0.2, -0.15) is 13.2 Å². The summed E-state index contributed by atoms with van der Waals surface area (Å²) in [6, 6.07) is 8.81. The molecule has 0 aliphatic heterocycles. The van der Waals surface area contributed by atoms with Crippen LogP contribution in [0.15, 0.2) is 48.8 Å². The average Bonchev–Trinajstić information content (AvgIpc) is 3.37. The van der Waals surface area contributed by atoms with Crippen LogP contribution in [0.5, 0.6) is 0 Å². The van der Waals surface area contributed by atoms with Gasteiger partial charge in [-0.25, -0.2) is 9.37 Å². The fourth-order valence-corrected chi connectivity index (χ4v) is 5.91. The quantitative estimate of drug-likeness (QED) is 0.437. The van der Waals surface area contributed by atoms with Crippen molar-refractivity contribution in [3.8, 4) is 0 Å². The number of carbonyl (C=O) groups excluding carboxylic acids is 1. The summed E-state index contributed by atoms with van der Waals surface area (Å²) < 4.78 is 52.0. The van der Waals surface area contributed by atoms with Crippen molar-refractivity contribution < 1.29 is 22.4 Å². The van der Waals surface area contributed by atoms with Gasteiger partial charge >= 0.3 is 6.18 Å². The highest BCUT2D eigenvalue weighted by molar-refractivity contribution is 5.91. The number of anilines is 1. The van der Waals surface area contributed by atoms with Crippen LogP contribution in [0, 0.1) is 29.5 Å². The molecule has 2 aliphatic rings. The predicted octanol–water partition coefficient (Wildman–Crippen LogP) is 6.58. The van der Waals surface area contributed by atoms with E-state index in [1.54, 1.807) is 18.3 Å². The number of halogens is 4. The molecule has 2 aliphatic carbocycles. The Bertz CT molecular complexity index is 1200. The van der Waals surface area contributed by atoms with E-state index in [1.165, 1.54) is 12.1 Å². The monoisotopic (exact) mass is 471 g/mol. The average molecular weight is 471 g/mol. The molecule has 0 saturated heterocycles. The third-order valence-electron chi connectivity index (χ3n) is 7.69. The second-order valence-electron chi connectivity index (χ2n) is 9.69. The summed E-state index contributed by atoms with van der Waals surface area (Å²) >= 11 is 0. The summed E-state index contributed by atoms with van der Waals surface area (Å²) in [5.74, 6) is 0.967. The number of fused-ring (bicyclic) bond motifs is 2. The van der Waals surface area contributed by atoms with Crippen LogP contribution in [0.2, 0.25) is 0 Å². The minimum Gasteiger partial charge on any atom is -0.310 e. The zero-order chi connectivity index (χ0) is 24.0. The Hall–Kier alpha value is -3.03. The Labute approximate surface area is 194 Å². The van der Waals surface area contributed by atoms with E-state index in [-0.39, 0.29) is 29.4 Å². The van der Waals surface area contributed by atoms with Crippen molar-refractivity contribution in [2.24, 2.45) is 23.7 Å². The molecule has 2 heterocycles. The standard InChI is InChI=1S/C26H25F4N3O/c1-14(25(34)33-24-5-2-19(13-32-24)26(28,29)30)15-8-16-10-18(11-17(16)9-15)21-6-7-31-23-4-3-20(27)12-22(21)23/h2-7,12-18H,8-11H2,1H3,(H,32,33,34)/t14?,15-,16-,17+,18+. The van der Waals surface area contributed by atoms with Gasteiger partial charge in [-0.05, 0) is 91.3 Å². The van der Waals surface area contributed by atoms with Gasteiger partial charge in [-0.3, -0.25) is 9.78 Å². The van der Waals surface area contributed by atoms with Crippen molar-refractivity contribution in [1.82, 2.24) is 9.97 Å². The lowest BCUT2D eigenvalue weighted by atomic mass is 9.86. The lowest BCUT2D eigenvalue weighted by Crippen LogP contribution is -2.26. The van der Waals surface area contributed by atoms with Gasteiger partial charge in [0.25, 0.3) is 0 Å². The smallest absolute Gasteiger partial charge is 0.310 e. The molecule has 0 spiro atoms. The Morgan fingerprint density at radius 3 is 2.41 bits per heavy atom. The second-order valence-corrected chi connectivity index (χ2v) is 9.69. The number of nitrogens with zero attached hydrogens (tertiary/aromatic N) is 2. The van der Waals surface area contributed by atoms with Gasteiger partial charge in [0.1, 0.15) is 11.6 Å². The Morgan fingerprint density at radius 1 is 1.03 bits per heavy atom. The summed E-state index contributed by atoms with van der Waals surface area (Å²) in [5, 5.41) is 3.54. The Kier molecular flexibility index (Phi) is 5.78. The summed E-state index contributed by atoms with van der Waals surface area (Å²) in [4.78, 5) is 20.9. The van der Waals surface area contributed by atoms with Crippen LogP contribution in [-0.2, 0) is 11.0 Å². The maximum atomic E-state index is 13.9. The molecular formula is C26H25F4N3O. The lowest BCUT2D eigenvalue weighted by molar-refractivity contribution is -0.137. The van der Waals surface area contributed by atoms with E-state index in [0.29, 0.717) is 17.8 Å². The fraction of sp³-hybridized carbons (Fsp3) is 0.423. The second kappa shape index (κ2) is 8.64. The van der Waals surface area contributed by atoms with Crippen molar-refractivity contribution in [2.75, 3.05) is 5.32 Å². The van der Waals surface area contributed by atoms with Gasteiger partial charge in [0.05, 0.1) is 11.1 Å². The summed E-state index contributed by atoms with van der Waals surface area (Å²) in [5.41, 5.74) is 1.10. The molecule has 34 heavy (non-hydrogen) atoms. The zero-order valence-corrected chi connectivity index (χ0v) is 18.6. The van der Waals surface area contributed by atoms with E-state index < -0.39 is 11.7 Å². The van der Waals surface area contributed by atoms with Crippen LogP contribution in [0.3, 0.4) is 0 Å². The third-order valence-corrected chi connectivity index (χ3v) is 7.69. The van der Waals surface area contributed by atoms with E-state index in [9.17, 15) is 22.4 Å². The molecule has 1 unspecified atom stereocenters.